The van der Waals surface area contributed by atoms with Crippen LogP contribution in [0.15, 0.2) is 59.5 Å². The third-order valence-corrected chi connectivity index (χ3v) is 4.29. The molecule has 19 heavy (non-hydrogen) atoms. The van der Waals surface area contributed by atoms with E-state index in [0.717, 1.165) is 5.56 Å². The molecule has 0 aliphatic carbocycles. The van der Waals surface area contributed by atoms with E-state index >= 15 is 0 Å². The lowest BCUT2D eigenvalue weighted by Gasteiger charge is -2.10. The molecule has 0 amide bonds. The first kappa shape index (κ1) is 13.7. The van der Waals surface area contributed by atoms with Gasteiger partial charge in [-0.25, -0.2) is 13.1 Å². The number of hydrogen-bond acceptors (Lipinski definition) is 3. The maximum atomic E-state index is 12.2. The Morgan fingerprint density at radius 3 is 2.26 bits per heavy atom. The lowest BCUT2D eigenvalue weighted by molar-refractivity contribution is 0.580. The van der Waals surface area contributed by atoms with Crippen LogP contribution in [0, 0.1) is 0 Å². The molecule has 0 aliphatic heterocycles. The first-order valence-corrected chi connectivity index (χ1v) is 7.43. The van der Waals surface area contributed by atoms with Crippen LogP contribution in [0.25, 0.3) is 0 Å². The second-order valence-electron chi connectivity index (χ2n) is 4.12. The Balaban J connectivity index is 2.19. The van der Waals surface area contributed by atoms with Crippen molar-refractivity contribution in [2.75, 3.05) is 0 Å². The van der Waals surface area contributed by atoms with Crippen LogP contribution in [-0.4, -0.2) is 8.42 Å². The zero-order chi connectivity index (χ0) is 13.7. The van der Waals surface area contributed by atoms with E-state index in [1.807, 2.05) is 30.3 Å². The van der Waals surface area contributed by atoms with Gasteiger partial charge in [0.15, 0.2) is 0 Å². The molecule has 0 spiro atoms. The summed E-state index contributed by atoms with van der Waals surface area (Å²) in [6.45, 7) is 0.463. The molecule has 0 radical (unpaired) electrons. The van der Waals surface area contributed by atoms with Gasteiger partial charge in [0, 0.05) is 13.1 Å². The van der Waals surface area contributed by atoms with E-state index in [0.29, 0.717) is 5.56 Å². The fourth-order valence-electron chi connectivity index (χ4n) is 1.79. The van der Waals surface area contributed by atoms with E-state index in [9.17, 15) is 8.42 Å². The van der Waals surface area contributed by atoms with Gasteiger partial charge in [0.25, 0.3) is 0 Å². The Morgan fingerprint density at radius 1 is 0.947 bits per heavy atom. The van der Waals surface area contributed by atoms with E-state index in [4.69, 9.17) is 5.73 Å². The molecule has 3 N–H and O–H groups in total. The Hall–Kier alpha value is -1.69. The van der Waals surface area contributed by atoms with Gasteiger partial charge in [-0.05, 0) is 17.2 Å². The highest BCUT2D eigenvalue weighted by atomic mass is 32.2. The first-order chi connectivity index (χ1) is 9.13. The summed E-state index contributed by atoms with van der Waals surface area (Å²) < 4.78 is 27.0. The molecule has 0 saturated carbocycles. The van der Waals surface area contributed by atoms with E-state index in [2.05, 4.69) is 4.72 Å². The van der Waals surface area contributed by atoms with Crippen LogP contribution < -0.4 is 10.5 Å². The predicted octanol–water partition coefficient (Wildman–Crippen LogP) is 1.62. The molecule has 5 heteroatoms. The molecule has 0 aliphatic rings. The molecular weight excluding hydrogens is 260 g/mol. The molecule has 100 valence electrons. The largest absolute Gasteiger partial charge is 0.326 e. The van der Waals surface area contributed by atoms with Crippen molar-refractivity contribution in [1.29, 1.82) is 0 Å². The molecule has 0 heterocycles. The Morgan fingerprint density at radius 2 is 1.58 bits per heavy atom. The van der Waals surface area contributed by atoms with Crippen molar-refractivity contribution >= 4 is 10.0 Å². The quantitative estimate of drug-likeness (QED) is 0.871. The van der Waals surface area contributed by atoms with Crippen molar-refractivity contribution in [3.63, 3.8) is 0 Å². The van der Waals surface area contributed by atoms with E-state index < -0.39 is 10.0 Å². The zero-order valence-corrected chi connectivity index (χ0v) is 11.2. The molecule has 2 aromatic carbocycles. The second kappa shape index (κ2) is 5.97. The molecule has 2 aromatic rings. The Kier molecular flexibility index (Phi) is 4.31. The molecule has 0 saturated heterocycles. The third kappa shape index (κ3) is 3.41. The minimum absolute atomic E-state index is 0.197. The van der Waals surface area contributed by atoms with Gasteiger partial charge < -0.3 is 5.73 Å². The highest BCUT2D eigenvalue weighted by Gasteiger charge is 2.16. The van der Waals surface area contributed by atoms with Crippen LogP contribution in [0.4, 0.5) is 0 Å². The smallest absolute Gasteiger partial charge is 0.241 e. The highest BCUT2D eigenvalue weighted by Crippen LogP contribution is 2.15. The van der Waals surface area contributed by atoms with E-state index in [-0.39, 0.29) is 18.0 Å². The van der Waals surface area contributed by atoms with Gasteiger partial charge in [-0.1, -0.05) is 48.5 Å². The van der Waals surface area contributed by atoms with Gasteiger partial charge >= 0.3 is 0 Å². The maximum Gasteiger partial charge on any atom is 0.241 e. The second-order valence-corrected chi connectivity index (χ2v) is 5.86. The minimum atomic E-state index is -3.53. The molecule has 0 unspecified atom stereocenters. The van der Waals surface area contributed by atoms with Crippen molar-refractivity contribution < 1.29 is 8.42 Å². The van der Waals surface area contributed by atoms with E-state index in [1.54, 1.807) is 24.3 Å². The topological polar surface area (TPSA) is 72.2 Å². The summed E-state index contributed by atoms with van der Waals surface area (Å²) in [5, 5.41) is 0. The minimum Gasteiger partial charge on any atom is -0.326 e. The Labute approximate surface area is 113 Å². The predicted molar refractivity (Wildman–Crippen MR) is 74.8 cm³/mol. The highest BCUT2D eigenvalue weighted by molar-refractivity contribution is 7.89. The summed E-state index contributed by atoms with van der Waals surface area (Å²) in [5.74, 6) is 0. The van der Waals surface area contributed by atoms with Gasteiger partial charge in [0.1, 0.15) is 0 Å². The molecule has 0 bridgehead atoms. The number of sulfonamides is 1. The van der Waals surface area contributed by atoms with Crippen molar-refractivity contribution in [2.24, 2.45) is 5.73 Å². The maximum absolute atomic E-state index is 12.2. The van der Waals surface area contributed by atoms with Crippen molar-refractivity contribution in [1.82, 2.24) is 4.72 Å². The van der Waals surface area contributed by atoms with Crippen LogP contribution in [0.5, 0.6) is 0 Å². The van der Waals surface area contributed by atoms with E-state index in [1.165, 1.54) is 0 Å². The third-order valence-electron chi connectivity index (χ3n) is 2.79. The summed E-state index contributed by atoms with van der Waals surface area (Å²) in [5.41, 5.74) is 7.09. The normalized spacial score (nSPS) is 11.4. The lowest BCUT2D eigenvalue weighted by atomic mass is 10.2. The Bertz CT molecular complexity index is 640. The van der Waals surface area contributed by atoms with Gasteiger partial charge in [0.05, 0.1) is 4.90 Å². The average Bonchev–Trinajstić information content (AvgIpc) is 2.46. The zero-order valence-electron chi connectivity index (χ0n) is 10.4. The lowest BCUT2D eigenvalue weighted by Crippen LogP contribution is -2.24. The summed E-state index contributed by atoms with van der Waals surface area (Å²) in [6, 6.07) is 16.1. The standard InChI is InChI=1S/C14H16N2O2S/c15-10-13-8-4-5-9-14(13)19(17,18)16-11-12-6-2-1-3-7-12/h1-9,16H,10-11,15H2. The van der Waals surface area contributed by atoms with Crippen molar-refractivity contribution in [2.45, 2.75) is 18.0 Å². The number of hydrogen-bond donors (Lipinski definition) is 2. The van der Waals surface area contributed by atoms with Crippen LogP contribution in [0.3, 0.4) is 0 Å². The molecule has 0 aromatic heterocycles. The molecule has 0 atom stereocenters. The molecule has 2 rings (SSSR count). The number of benzene rings is 2. The summed E-state index contributed by atoms with van der Waals surface area (Å²) >= 11 is 0. The fraction of sp³-hybridized carbons (Fsp3) is 0.143. The van der Waals surface area contributed by atoms with Crippen LogP contribution >= 0.6 is 0 Å². The summed E-state index contributed by atoms with van der Waals surface area (Å²) in [4.78, 5) is 0.244. The monoisotopic (exact) mass is 276 g/mol. The van der Waals surface area contributed by atoms with Crippen molar-refractivity contribution in [3.8, 4) is 0 Å². The SMILES string of the molecule is NCc1ccccc1S(=O)(=O)NCc1ccccc1. The van der Waals surface area contributed by atoms with Gasteiger partial charge in [-0.3, -0.25) is 0 Å². The van der Waals surface area contributed by atoms with Gasteiger partial charge in [0.2, 0.25) is 10.0 Å². The van der Waals surface area contributed by atoms with Crippen molar-refractivity contribution in [3.05, 3.63) is 65.7 Å². The molecule has 0 fully saturated rings. The number of nitrogens with one attached hydrogen (secondary N) is 1. The number of rotatable bonds is 5. The fourth-order valence-corrected chi connectivity index (χ4v) is 3.05. The van der Waals surface area contributed by atoms with Crippen LogP contribution in [0.1, 0.15) is 11.1 Å². The summed E-state index contributed by atoms with van der Waals surface area (Å²) in [6.07, 6.45) is 0. The first-order valence-electron chi connectivity index (χ1n) is 5.95. The van der Waals surface area contributed by atoms with Gasteiger partial charge in [-0.15, -0.1) is 0 Å². The molecular formula is C14H16N2O2S. The average molecular weight is 276 g/mol. The van der Waals surface area contributed by atoms with Gasteiger partial charge in [-0.2, -0.15) is 0 Å². The summed E-state index contributed by atoms with van der Waals surface area (Å²) in [7, 11) is -3.53. The molecule has 4 nitrogen and oxygen atoms in total. The van der Waals surface area contributed by atoms with Crippen LogP contribution in [0.2, 0.25) is 0 Å². The van der Waals surface area contributed by atoms with Crippen LogP contribution in [-0.2, 0) is 23.1 Å². The number of nitrogens with two attached hydrogens (primary N) is 1.